The van der Waals surface area contributed by atoms with Gasteiger partial charge >= 0.3 is 0 Å². The van der Waals surface area contributed by atoms with Crippen LogP contribution < -0.4 is 5.73 Å². The molecule has 7 N–H and O–H groups in total. The number of nitrogens with zero attached hydrogens (tertiary/aromatic N) is 1. The molecule has 1 fully saturated rings. The molecule has 1 aromatic carbocycles. The van der Waals surface area contributed by atoms with E-state index < -0.39 is 58.0 Å². The standard InChI is InChI=1S/C29H33N3O7/c1-12(2)9-14-5-7-18(31-14)15-6-8-19(33)21-16(15)10-13-11-17-23(32(3)4)25(35)22(28(30)38)27(37)29(17,39)26(36)20(13)24(21)34/h5-8,12-13,17,23,31,33-34,37,39H,9-11H2,1-4H3,(H2,30,38)/t13-,17-,23-,29-/m0/s1. The van der Waals surface area contributed by atoms with Crippen LogP contribution in [0.4, 0.5) is 0 Å². The fourth-order valence-corrected chi connectivity index (χ4v) is 6.65. The molecule has 206 valence electrons. The number of phenolic OH excluding ortho intramolecular Hbond substituents is 1. The summed E-state index contributed by atoms with van der Waals surface area (Å²) in [7, 11) is 3.15. The molecule has 3 aliphatic carbocycles. The number of aliphatic hydroxyl groups is 3. The number of benzene rings is 1. The lowest BCUT2D eigenvalue weighted by atomic mass is 9.57. The van der Waals surface area contributed by atoms with E-state index in [9.17, 15) is 34.8 Å². The number of ketones is 2. The summed E-state index contributed by atoms with van der Waals surface area (Å²) in [5, 5.41) is 44.8. The van der Waals surface area contributed by atoms with Gasteiger partial charge in [-0.15, -0.1) is 0 Å². The van der Waals surface area contributed by atoms with Gasteiger partial charge in [-0.25, -0.2) is 0 Å². The van der Waals surface area contributed by atoms with E-state index in [0.717, 1.165) is 23.4 Å². The predicted molar refractivity (Wildman–Crippen MR) is 143 cm³/mol. The van der Waals surface area contributed by atoms with Crippen molar-refractivity contribution >= 4 is 23.2 Å². The summed E-state index contributed by atoms with van der Waals surface area (Å²) >= 11 is 0. The number of carbonyl (C=O) groups is 3. The first-order valence-corrected chi connectivity index (χ1v) is 13.0. The molecule has 10 nitrogen and oxygen atoms in total. The maximum absolute atomic E-state index is 13.9. The summed E-state index contributed by atoms with van der Waals surface area (Å²) in [5.41, 5.74) is 5.00. The number of hydrogen-bond acceptors (Lipinski definition) is 8. The van der Waals surface area contributed by atoms with Crippen LogP contribution in [0.25, 0.3) is 17.0 Å². The van der Waals surface area contributed by atoms with E-state index >= 15 is 0 Å². The lowest BCUT2D eigenvalue weighted by molar-refractivity contribution is -0.153. The fraction of sp³-hybridized carbons (Fsp3) is 0.414. The minimum Gasteiger partial charge on any atom is -0.508 e. The number of aromatic hydroxyl groups is 1. The second-order valence-electron chi connectivity index (χ2n) is 11.4. The van der Waals surface area contributed by atoms with E-state index in [1.54, 1.807) is 20.2 Å². The number of nitrogens with one attached hydrogen (secondary N) is 1. The normalized spacial score (nSPS) is 26.7. The Morgan fingerprint density at radius 1 is 1.15 bits per heavy atom. The van der Waals surface area contributed by atoms with Crippen LogP contribution in [-0.4, -0.2) is 73.5 Å². The number of phenols is 1. The van der Waals surface area contributed by atoms with E-state index in [1.165, 1.54) is 11.0 Å². The van der Waals surface area contributed by atoms with Crippen molar-refractivity contribution in [3.05, 3.63) is 58.0 Å². The van der Waals surface area contributed by atoms with Gasteiger partial charge in [0.25, 0.3) is 5.91 Å². The number of fused-ring (bicyclic) bond motifs is 3. The van der Waals surface area contributed by atoms with Gasteiger partial charge in [0.2, 0.25) is 5.78 Å². The number of Topliss-reactive ketones (excluding diaryl/α,β-unsaturated/α-hetero) is 2. The average Bonchev–Trinajstić information content (AvgIpc) is 3.28. The van der Waals surface area contributed by atoms with Crippen molar-refractivity contribution in [2.45, 2.75) is 44.8 Å². The Labute approximate surface area is 225 Å². The van der Waals surface area contributed by atoms with Crippen molar-refractivity contribution in [1.82, 2.24) is 9.88 Å². The monoisotopic (exact) mass is 535 g/mol. The molecule has 0 spiro atoms. The first-order chi connectivity index (χ1) is 18.3. The Hall–Kier alpha value is -3.89. The Bertz CT molecular complexity index is 1480. The summed E-state index contributed by atoms with van der Waals surface area (Å²) in [6.45, 7) is 4.23. The highest BCUT2D eigenvalue weighted by atomic mass is 16.3. The van der Waals surface area contributed by atoms with Crippen molar-refractivity contribution in [2.24, 2.45) is 23.5 Å². The van der Waals surface area contributed by atoms with Gasteiger partial charge in [0.05, 0.1) is 11.6 Å². The number of primary amides is 1. The SMILES string of the molecule is CC(C)Cc1ccc(-c2ccc(O)c3c2C[C@H]2C[C@H]4[C@H](N(C)C)C(=O)C(C(N)=O)=C(O)[C@@]4(O)C(=O)C2=C3O)[nH]1. The number of likely N-dealkylation sites (N-methyl/N-ethyl adjacent to an activating group) is 1. The molecule has 0 saturated heterocycles. The van der Waals surface area contributed by atoms with Crippen LogP contribution in [-0.2, 0) is 27.2 Å². The number of aliphatic hydroxyl groups excluding tert-OH is 2. The third kappa shape index (κ3) is 3.81. The maximum atomic E-state index is 13.9. The molecule has 39 heavy (non-hydrogen) atoms. The van der Waals surface area contributed by atoms with Gasteiger partial charge in [-0.05, 0) is 75.0 Å². The molecule has 1 saturated carbocycles. The van der Waals surface area contributed by atoms with Crippen LogP contribution >= 0.6 is 0 Å². The lowest BCUT2D eigenvalue weighted by Crippen LogP contribution is -2.65. The maximum Gasteiger partial charge on any atom is 0.255 e. The quantitative estimate of drug-likeness (QED) is 0.315. The topological polar surface area (TPSA) is 177 Å². The number of amides is 1. The molecule has 1 amide bonds. The van der Waals surface area contributed by atoms with Crippen LogP contribution in [0.15, 0.2) is 41.2 Å². The third-order valence-corrected chi connectivity index (χ3v) is 8.27. The molecule has 0 radical (unpaired) electrons. The van der Waals surface area contributed by atoms with E-state index in [4.69, 9.17) is 5.73 Å². The van der Waals surface area contributed by atoms with Gasteiger partial charge in [-0.1, -0.05) is 13.8 Å². The van der Waals surface area contributed by atoms with Crippen molar-refractivity contribution in [3.63, 3.8) is 0 Å². The molecule has 1 heterocycles. The first-order valence-electron chi connectivity index (χ1n) is 13.0. The van der Waals surface area contributed by atoms with Gasteiger partial charge in [0, 0.05) is 28.4 Å². The molecule has 1 aromatic heterocycles. The molecule has 10 heteroatoms. The number of hydrogen-bond donors (Lipinski definition) is 6. The van der Waals surface area contributed by atoms with Gasteiger partial charge < -0.3 is 31.1 Å². The minimum atomic E-state index is -2.65. The van der Waals surface area contributed by atoms with Crippen LogP contribution in [0.2, 0.25) is 0 Å². The zero-order valence-electron chi connectivity index (χ0n) is 22.3. The van der Waals surface area contributed by atoms with Crippen LogP contribution in [0.3, 0.4) is 0 Å². The Kier molecular flexibility index (Phi) is 6.23. The van der Waals surface area contributed by atoms with Gasteiger partial charge in [0.1, 0.15) is 22.8 Å². The average molecular weight is 536 g/mol. The molecule has 0 bridgehead atoms. The number of rotatable bonds is 5. The van der Waals surface area contributed by atoms with Crippen LogP contribution in [0.1, 0.15) is 37.1 Å². The molecule has 0 aliphatic heterocycles. The van der Waals surface area contributed by atoms with E-state index in [1.807, 2.05) is 12.1 Å². The summed E-state index contributed by atoms with van der Waals surface area (Å²) < 4.78 is 0. The van der Waals surface area contributed by atoms with E-state index in [2.05, 4.69) is 18.8 Å². The van der Waals surface area contributed by atoms with Gasteiger partial charge in [0.15, 0.2) is 11.4 Å². The zero-order valence-corrected chi connectivity index (χ0v) is 22.3. The fourth-order valence-electron chi connectivity index (χ4n) is 6.65. The molecular formula is C29H33N3O7. The predicted octanol–water partition coefficient (Wildman–Crippen LogP) is 2.16. The number of carbonyl (C=O) groups excluding carboxylic acids is 3. The largest absolute Gasteiger partial charge is 0.508 e. The van der Waals surface area contributed by atoms with Gasteiger partial charge in [-0.2, -0.15) is 0 Å². The molecular weight excluding hydrogens is 502 g/mol. The molecule has 0 unspecified atom stereocenters. The van der Waals surface area contributed by atoms with Crippen molar-refractivity contribution in [3.8, 4) is 17.0 Å². The Balaban J connectivity index is 1.69. The molecule has 4 atom stereocenters. The van der Waals surface area contributed by atoms with Crippen molar-refractivity contribution in [1.29, 1.82) is 0 Å². The van der Waals surface area contributed by atoms with Crippen LogP contribution in [0, 0.1) is 17.8 Å². The lowest BCUT2D eigenvalue weighted by Gasteiger charge is -2.50. The highest BCUT2D eigenvalue weighted by Gasteiger charge is 2.64. The van der Waals surface area contributed by atoms with Gasteiger partial charge in [-0.3, -0.25) is 19.3 Å². The number of nitrogens with two attached hydrogens (primary N) is 1. The van der Waals surface area contributed by atoms with E-state index in [0.29, 0.717) is 11.5 Å². The third-order valence-electron chi connectivity index (χ3n) is 8.27. The summed E-state index contributed by atoms with van der Waals surface area (Å²) in [6.07, 6.45) is 1.12. The first kappa shape index (κ1) is 26.7. The molecule has 2 aromatic rings. The summed E-state index contributed by atoms with van der Waals surface area (Å²) in [6, 6.07) is 5.99. The summed E-state index contributed by atoms with van der Waals surface area (Å²) in [5.74, 6) is -6.19. The molecule has 3 aliphatic rings. The minimum absolute atomic E-state index is 0.0458. The summed E-state index contributed by atoms with van der Waals surface area (Å²) in [4.78, 5) is 44.1. The second-order valence-corrected chi connectivity index (χ2v) is 11.4. The van der Waals surface area contributed by atoms with Crippen LogP contribution in [0.5, 0.6) is 5.75 Å². The van der Waals surface area contributed by atoms with E-state index in [-0.39, 0.29) is 29.7 Å². The molecule has 5 rings (SSSR count). The number of H-pyrrole nitrogens is 1. The highest BCUT2D eigenvalue weighted by Crippen LogP contribution is 2.53. The Morgan fingerprint density at radius 3 is 2.46 bits per heavy atom. The zero-order chi connectivity index (χ0) is 28.5. The second kappa shape index (κ2) is 9.10. The van der Waals surface area contributed by atoms with Crippen molar-refractivity contribution < 1.29 is 34.8 Å². The van der Waals surface area contributed by atoms with Crippen molar-refractivity contribution in [2.75, 3.05) is 14.1 Å². The highest BCUT2D eigenvalue weighted by molar-refractivity contribution is 6.24. The number of aromatic nitrogens is 1. The smallest absolute Gasteiger partial charge is 0.255 e. The number of aromatic amines is 1. The Morgan fingerprint density at radius 2 is 1.85 bits per heavy atom.